The maximum absolute atomic E-state index is 13.5. The van der Waals surface area contributed by atoms with Crippen LogP contribution in [0.4, 0.5) is 5.69 Å². The van der Waals surface area contributed by atoms with E-state index in [0.29, 0.717) is 34.1 Å². The molecule has 7 nitrogen and oxygen atoms in total. The van der Waals surface area contributed by atoms with Crippen molar-refractivity contribution < 1.29 is 18.0 Å². The number of carbonyl (C=O) groups is 2. The smallest absolute Gasteiger partial charge is 0.243 e. The second-order valence-corrected chi connectivity index (χ2v) is 12.2. The molecule has 37 heavy (non-hydrogen) atoms. The molecule has 3 rings (SSSR count). The summed E-state index contributed by atoms with van der Waals surface area (Å²) in [6.07, 6.45) is 6.03. The van der Waals surface area contributed by atoms with Crippen LogP contribution in [0.5, 0.6) is 0 Å². The second-order valence-electron chi connectivity index (χ2n) is 9.45. The van der Waals surface area contributed by atoms with Crippen LogP contribution >= 0.6 is 23.2 Å². The van der Waals surface area contributed by atoms with Gasteiger partial charge in [-0.05, 0) is 55.5 Å². The minimum atomic E-state index is -3.53. The van der Waals surface area contributed by atoms with Crippen LogP contribution in [0, 0.1) is 0 Å². The van der Waals surface area contributed by atoms with Crippen molar-refractivity contribution in [3.05, 3.63) is 64.1 Å². The first kappa shape index (κ1) is 29.3. The van der Waals surface area contributed by atoms with Gasteiger partial charge in [0.05, 0.1) is 11.9 Å². The molecule has 1 fully saturated rings. The lowest BCUT2D eigenvalue weighted by molar-refractivity contribution is -0.141. The predicted molar refractivity (Wildman–Crippen MR) is 149 cm³/mol. The summed E-state index contributed by atoms with van der Waals surface area (Å²) in [6, 6.07) is 13.3. The molecule has 0 aliphatic heterocycles. The molecule has 10 heteroatoms. The van der Waals surface area contributed by atoms with Crippen molar-refractivity contribution in [2.75, 3.05) is 17.1 Å². The van der Waals surface area contributed by atoms with Gasteiger partial charge in [0, 0.05) is 35.6 Å². The predicted octanol–water partition coefficient (Wildman–Crippen LogP) is 5.41. The molecular formula is C27H35Cl2N3O4S. The van der Waals surface area contributed by atoms with E-state index in [9.17, 15) is 18.0 Å². The van der Waals surface area contributed by atoms with Gasteiger partial charge in [-0.25, -0.2) is 8.42 Å². The number of anilines is 1. The Morgan fingerprint density at radius 2 is 1.76 bits per heavy atom. The average molecular weight is 569 g/mol. The Labute approximate surface area is 230 Å². The summed E-state index contributed by atoms with van der Waals surface area (Å²) in [5, 5.41) is 4.02. The molecule has 0 radical (unpaired) electrons. The molecular weight excluding hydrogens is 533 g/mol. The SMILES string of the molecule is CC[C@@H](C(=O)NC1CCCC1)N(Cc1ccc(Cl)cc1Cl)C(=O)CCCN(c1ccccc1)S(C)(=O)=O. The third-order valence-corrected chi connectivity index (χ3v) is 8.42. The fraction of sp³-hybridized carbons (Fsp3) is 0.481. The molecule has 0 bridgehead atoms. The fourth-order valence-corrected chi connectivity index (χ4v) is 6.15. The zero-order chi connectivity index (χ0) is 27.0. The summed E-state index contributed by atoms with van der Waals surface area (Å²) in [6.45, 7) is 2.18. The molecule has 1 N–H and O–H groups in total. The highest BCUT2D eigenvalue weighted by atomic mass is 35.5. The number of carbonyl (C=O) groups excluding carboxylic acids is 2. The molecule has 1 aliphatic carbocycles. The molecule has 0 spiro atoms. The quantitative estimate of drug-likeness (QED) is 0.371. The van der Waals surface area contributed by atoms with E-state index in [1.54, 1.807) is 47.4 Å². The van der Waals surface area contributed by atoms with Crippen LogP contribution in [0.1, 0.15) is 57.4 Å². The Kier molecular flexibility index (Phi) is 10.7. The van der Waals surface area contributed by atoms with Gasteiger partial charge in [-0.1, -0.05) is 67.2 Å². The highest BCUT2D eigenvalue weighted by molar-refractivity contribution is 7.92. The summed E-state index contributed by atoms with van der Waals surface area (Å²) in [5.41, 5.74) is 1.23. The Morgan fingerprint density at radius 3 is 2.35 bits per heavy atom. The number of sulfonamides is 1. The molecule has 2 aromatic carbocycles. The van der Waals surface area contributed by atoms with E-state index < -0.39 is 16.1 Å². The van der Waals surface area contributed by atoms with Crippen molar-refractivity contribution in [2.45, 2.75) is 70.5 Å². The van der Waals surface area contributed by atoms with Crippen LogP contribution in [-0.4, -0.2) is 50.0 Å². The topological polar surface area (TPSA) is 86.8 Å². The van der Waals surface area contributed by atoms with Gasteiger partial charge in [-0.2, -0.15) is 0 Å². The molecule has 1 atom stereocenters. The minimum Gasteiger partial charge on any atom is -0.352 e. The van der Waals surface area contributed by atoms with Crippen molar-refractivity contribution in [1.82, 2.24) is 10.2 Å². The van der Waals surface area contributed by atoms with Crippen LogP contribution in [0.3, 0.4) is 0 Å². The van der Waals surface area contributed by atoms with E-state index >= 15 is 0 Å². The van der Waals surface area contributed by atoms with E-state index in [0.717, 1.165) is 31.9 Å². The van der Waals surface area contributed by atoms with E-state index in [1.165, 1.54) is 4.31 Å². The lowest BCUT2D eigenvalue weighted by Gasteiger charge is -2.32. The van der Waals surface area contributed by atoms with Crippen LogP contribution in [0.2, 0.25) is 10.0 Å². The Balaban J connectivity index is 1.77. The normalized spacial score (nSPS) is 14.8. The number of nitrogens with zero attached hydrogens (tertiary/aromatic N) is 2. The van der Waals surface area contributed by atoms with Crippen molar-refractivity contribution in [1.29, 1.82) is 0 Å². The Hall–Kier alpha value is -2.29. The largest absolute Gasteiger partial charge is 0.352 e. The van der Waals surface area contributed by atoms with Gasteiger partial charge in [0.2, 0.25) is 21.8 Å². The number of para-hydroxylation sites is 1. The highest BCUT2D eigenvalue weighted by Gasteiger charge is 2.31. The highest BCUT2D eigenvalue weighted by Crippen LogP contribution is 2.25. The molecule has 1 aliphatic rings. The van der Waals surface area contributed by atoms with E-state index in [1.807, 2.05) is 13.0 Å². The second kappa shape index (κ2) is 13.5. The first-order valence-electron chi connectivity index (χ1n) is 12.7. The molecule has 2 aromatic rings. The van der Waals surface area contributed by atoms with Crippen molar-refractivity contribution in [3.8, 4) is 0 Å². The third-order valence-electron chi connectivity index (χ3n) is 6.64. The summed E-state index contributed by atoms with van der Waals surface area (Å²) < 4.78 is 26.1. The number of rotatable bonds is 12. The Bertz CT molecular complexity index is 1170. The van der Waals surface area contributed by atoms with Crippen molar-refractivity contribution >= 4 is 50.7 Å². The van der Waals surface area contributed by atoms with Crippen molar-refractivity contribution in [3.63, 3.8) is 0 Å². The van der Waals surface area contributed by atoms with Crippen LogP contribution < -0.4 is 9.62 Å². The molecule has 2 amide bonds. The maximum Gasteiger partial charge on any atom is 0.243 e. The lowest BCUT2D eigenvalue weighted by Crippen LogP contribution is -2.51. The minimum absolute atomic E-state index is 0.0806. The molecule has 1 saturated carbocycles. The van der Waals surface area contributed by atoms with Gasteiger partial charge in [-0.15, -0.1) is 0 Å². The third kappa shape index (κ3) is 8.35. The van der Waals surface area contributed by atoms with Gasteiger partial charge in [-0.3, -0.25) is 13.9 Å². The fourth-order valence-electron chi connectivity index (χ4n) is 4.72. The summed E-state index contributed by atoms with van der Waals surface area (Å²) in [7, 11) is -3.53. The Morgan fingerprint density at radius 1 is 1.08 bits per heavy atom. The van der Waals surface area contributed by atoms with Gasteiger partial charge in [0.15, 0.2) is 0 Å². The van der Waals surface area contributed by atoms with Gasteiger partial charge in [0.25, 0.3) is 0 Å². The standard InChI is InChI=1S/C27H35Cl2N3O4S/c1-3-25(27(34)30-22-10-7-8-11-22)31(19-20-15-16-21(28)18-24(20)29)26(33)14-9-17-32(37(2,35)36)23-12-5-4-6-13-23/h4-6,12-13,15-16,18,22,25H,3,7-11,14,17,19H2,1-2H3,(H,30,34)/t25-/m0/s1. The first-order chi connectivity index (χ1) is 17.6. The average Bonchev–Trinajstić information content (AvgIpc) is 3.35. The lowest BCUT2D eigenvalue weighted by atomic mass is 10.1. The number of nitrogens with one attached hydrogen (secondary N) is 1. The van der Waals surface area contributed by atoms with E-state index in [-0.39, 0.29) is 37.4 Å². The van der Waals surface area contributed by atoms with Gasteiger partial charge >= 0.3 is 0 Å². The molecule has 0 saturated heterocycles. The summed E-state index contributed by atoms with van der Waals surface area (Å²) in [5.74, 6) is -0.407. The monoisotopic (exact) mass is 567 g/mol. The molecule has 0 aromatic heterocycles. The summed E-state index contributed by atoms with van der Waals surface area (Å²) >= 11 is 12.5. The van der Waals surface area contributed by atoms with E-state index in [4.69, 9.17) is 23.2 Å². The maximum atomic E-state index is 13.5. The number of hydrogen-bond donors (Lipinski definition) is 1. The summed E-state index contributed by atoms with van der Waals surface area (Å²) in [4.78, 5) is 28.4. The zero-order valence-electron chi connectivity index (χ0n) is 21.3. The number of halogens is 2. The molecule has 0 heterocycles. The van der Waals surface area contributed by atoms with Gasteiger partial charge < -0.3 is 10.2 Å². The molecule has 202 valence electrons. The number of benzene rings is 2. The van der Waals surface area contributed by atoms with Gasteiger partial charge in [0.1, 0.15) is 6.04 Å². The van der Waals surface area contributed by atoms with Crippen molar-refractivity contribution in [2.24, 2.45) is 0 Å². The first-order valence-corrected chi connectivity index (χ1v) is 15.3. The zero-order valence-corrected chi connectivity index (χ0v) is 23.7. The number of amides is 2. The number of hydrogen-bond acceptors (Lipinski definition) is 4. The van der Waals surface area contributed by atoms with Crippen LogP contribution in [0.25, 0.3) is 0 Å². The van der Waals surface area contributed by atoms with Crippen LogP contribution in [-0.2, 0) is 26.2 Å². The van der Waals surface area contributed by atoms with E-state index in [2.05, 4.69) is 5.32 Å². The molecule has 0 unspecified atom stereocenters. The van der Waals surface area contributed by atoms with Crippen LogP contribution in [0.15, 0.2) is 48.5 Å².